The number of carbonyl (C=O) groups excluding carboxylic acids is 3. The summed E-state index contributed by atoms with van der Waals surface area (Å²) in [7, 11) is 3.69. The highest BCUT2D eigenvalue weighted by molar-refractivity contribution is 6.04. The average molecular weight is 307 g/mol. The molecule has 120 valence electrons. The Morgan fingerprint density at radius 1 is 1.45 bits per heavy atom. The van der Waals surface area contributed by atoms with Gasteiger partial charge in [0.05, 0.1) is 0 Å². The molecule has 1 atom stereocenters. The van der Waals surface area contributed by atoms with Crippen LogP contribution in [0.4, 0.5) is 4.79 Å². The number of rotatable bonds is 7. The van der Waals surface area contributed by atoms with Crippen molar-refractivity contribution in [3.63, 3.8) is 0 Å². The van der Waals surface area contributed by atoms with E-state index in [9.17, 15) is 14.4 Å². The predicted octanol–water partition coefficient (Wildman–Crippen LogP) is -0.201. The van der Waals surface area contributed by atoms with Gasteiger partial charge in [-0.3, -0.25) is 14.9 Å². The highest BCUT2D eigenvalue weighted by Crippen LogP contribution is 2.06. The Hall–Kier alpha value is -2.38. The molecule has 2 heterocycles. The fourth-order valence-electron chi connectivity index (χ4n) is 2.36. The maximum absolute atomic E-state index is 12.0. The quantitative estimate of drug-likeness (QED) is 0.682. The van der Waals surface area contributed by atoms with Crippen LogP contribution in [0.25, 0.3) is 0 Å². The van der Waals surface area contributed by atoms with E-state index in [0.717, 1.165) is 18.7 Å². The molecule has 2 N–H and O–H groups in total. The van der Waals surface area contributed by atoms with Gasteiger partial charge in [-0.25, -0.2) is 9.78 Å². The van der Waals surface area contributed by atoms with Gasteiger partial charge in [-0.05, 0) is 12.8 Å². The van der Waals surface area contributed by atoms with Crippen LogP contribution >= 0.6 is 0 Å². The Labute approximate surface area is 128 Å². The number of imidazole rings is 1. The van der Waals surface area contributed by atoms with Crippen LogP contribution in [0.1, 0.15) is 25.1 Å². The van der Waals surface area contributed by atoms with Gasteiger partial charge in [0.15, 0.2) is 0 Å². The molecule has 1 aliphatic heterocycles. The number of carbonyl (C=O) groups is 3. The zero-order valence-electron chi connectivity index (χ0n) is 12.8. The first-order valence-corrected chi connectivity index (χ1v) is 7.29. The summed E-state index contributed by atoms with van der Waals surface area (Å²) in [5.74, 6) is 0.593. The second-order valence-electron chi connectivity index (χ2n) is 5.43. The first-order chi connectivity index (χ1) is 10.5. The smallest absolute Gasteiger partial charge is 0.322 e. The first-order valence-electron chi connectivity index (χ1n) is 7.29. The van der Waals surface area contributed by atoms with Crippen molar-refractivity contribution in [3.8, 4) is 0 Å². The van der Waals surface area contributed by atoms with Crippen LogP contribution in [-0.4, -0.2) is 51.9 Å². The molecular weight excluding hydrogens is 286 g/mol. The third-order valence-corrected chi connectivity index (χ3v) is 3.75. The molecule has 1 aromatic rings. The standard InChI is InChI=1S/C14H21N5O3/c1-18-9-7-15-11(18)4-3-8-19(2)12(20)6-5-10-13(21)17-14(22)16-10/h7,9-10H,3-6,8H2,1-2H3,(H2,16,17,21,22)/t10-/m1/s1. The molecule has 0 radical (unpaired) electrons. The number of hydrogen-bond donors (Lipinski definition) is 2. The summed E-state index contributed by atoms with van der Waals surface area (Å²) in [5.41, 5.74) is 0. The molecule has 4 amide bonds. The second-order valence-corrected chi connectivity index (χ2v) is 5.43. The minimum absolute atomic E-state index is 0.0335. The fourth-order valence-corrected chi connectivity index (χ4v) is 2.36. The molecule has 2 rings (SSSR count). The van der Waals surface area contributed by atoms with Gasteiger partial charge in [0.25, 0.3) is 5.91 Å². The van der Waals surface area contributed by atoms with Gasteiger partial charge < -0.3 is 14.8 Å². The van der Waals surface area contributed by atoms with E-state index in [0.29, 0.717) is 13.0 Å². The van der Waals surface area contributed by atoms with Crippen molar-refractivity contribution in [2.75, 3.05) is 13.6 Å². The number of aromatic nitrogens is 2. The van der Waals surface area contributed by atoms with Crippen molar-refractivity contribution in [1.29, 1.82) is 0 Å². The zero-order valence-corrected chi connectivity index (χ0v) is 12.8. The number of nitrogens with one attached hydrogen (secondary N) is 2. The van der Waals surface area contributed by atoms with Gasteiger partial charge >= 0.3 is 6.03 Å². The van der Waals surface area contributed by atoms with E-state index in [4.69, 9.17) is 0 Å². The first kappa shape index (κ1) is 16.0. The van der Waals surface area contributed by atoms with Crippen LogP contribution in [-0.2, 0) is 23.1 Å². The highest BCUT2D eigenvalue weighted by Gasteiger charge is 2.29. The van der Waals surface area contributed by atoms with E-state index in [1.54, 1.807) is 18.1 Å². The molecule has 1 aliphatic rings. The molecular formula is C14H21N5O3. The Morgan fingerprint density at radius 3 is 2.82 bits per heavy atom. The number of hydrogen-bond acceptors (Lipinski definition) is 4. The van der Waals surface area contributed by atoms with Gasteiger partial charge in [-0.15, -0.1) is 0 Å². The lowest BCUT2D eigenvalue weighted by molar-refractivity contribution is -0.130. The van der Waals surface area contributed by atoms with Crippen LogP contribution in [0.5, 0.6) is 0 Å². The molecule has 8 nitrogen and oxygen atoms in total. The van der Waals surface area contributed by atoms with E-state index in [-0.39, 0.29) is 18.2 Å². The molecule has 22 heavy (non-hydrogen) atoms. The van der Waals surface area contributed by atoms with Crippen molar-refractivity contribution in [2.45, 2.75) is 31.7 Å². The molecule has 0 bridgehead atoms. The topological polar surface area (TPSA) is 96.3 Å². The van der Waals surface area contributed by atoms with Crippen LogP contribution in [0.2, 0.25) is 0 Å². The lowest BCUT2D eigenvalue weighted by Crippen LogP contribution is -2.33. The van der Waals surface area contributed by atoms with E-state index in [2.05, 4.69) is 15.6 Å². The van der Waals surface area contributed by atoms with Crippen molar-refractivity contribution >= 4 is 17.8 Å². The van der Waals surface area contributed by atoms with E-state index in [1.807, 2.05) is 17.8 Å². The van der Waals surface area contributed by atoms with Crippen LogP contribution in [0, 0.1) is 0 Å². The van der Waals surface area contributed by atoms with Crippen LogP contribution in [0.3, 0.4) is 0 Å². The van der Waals surface area contributed by atoms with Crippen molar-refractivity contribution in [3.05, 3.63) is 18.2 Å². The molecule has 0 aromatic carbocycles. The number of aryl methyl sites for hydroxylation is 2. The molecule has 0 unspecified atom stereocenters. The van der Waals surface area contributed by atoms with Gasteiger partial charge in [0.2, 0.25) is 5.91 Å². The summed E-state index contributed by atoms with van der Waals surface area (Å²) >= 11 is 0. The molecule has 0 aliphatic carbocycles. The number of imide groups is 1. The summed E-state index contributed by atoms with van der Waals surface area (Å²) in [6.45, 7) is 0.634. The minimum atomic E-state index is -0.600. The normalized spacial score (nSPS) is 17.3. The third kappa shape index (κ3) is 4.06. The van der Waals surface area contributed by atoms with Crippen molar-refractivity contribution in [2.24, 2.45) is 7.05 Å². The highest BCUT2D eigenvalue weighted by atomic mass is 16.2. The van der Waals surface area contributed by atoms with Gasteiger partial charge in [-0.2, -0.15) is 0 Å². The van der Waals surface area contributed by atoms with Gasteiger partial charge in [-0.1, -0.05) is 0 Å². The van der Waals surface area contributed by atoms with Gasteiger partial charge in [0.1, 0.15) is 11.9 Å². The molecule has 1 saturated heterocycles. The Bertz CT molecular complexity index is 569. The summed E-state index contributed by atoms with van der Waals surface area (Å²) in [6, 6.07) is -1.09. The summed E-state index contributed by atoms with van der Waals surface area (Å²) < 4.78 is 1.96. The summed E-state index contributed by atoms with van der Waals surface area (Å²) in [5, 5.41) is 4.64. The zero-order chi connectivity index (χ0) is 16.1. The fraction of sp³-hybridized carbons (Fsp3) is 0.571. The van der Waals surface area contributed by atoms with E-state index >= 15 is 0 Å². The Kier molecular flexibility index (Phi) is 5.13. The Morgan fingerprint density at radius 2 is 2.23 bits per heavy atom. The molecule has 1 aromatic heterocycles. The van der Waals surface area contributed by atoms with Gasteiger partial charge in [0, 0.05) is 45.9 Å². The minimum Gasteiger partial charge on any atom is -0.346 e. The number of urea groups is 1. The van der Waals surface area contributed by atoms with E-state index in [1.165, 1.54) is 0 Å². The van der Waals surface area contributed by atoms with Crippen molar-refractivity contribution < 1.29 is 14.4 Å². The average Bonchev–Trinajstić information content (AvgIpc) is 3.01. The summed E-state index contributed by atoms with van der Waals surface area (Å²) in [4.78, 5) is 40.2. The second kappa shape index (κ2) is 7.06. The largest absolute Gasteiger partial charge is 0.346 e. The van der Waals surface area contributed by atoms with Crippen LogP contribution in [0.15, 0.2) is 12.4 Å². The number of nitrogens with zero attached hydrogens (tertiary/aromatic N) is 3. The van der Waals surface area contributed by atoms with Crippen LogP contribution < -0.4 is 10.6 Å². The summed E-state index contributed by atoms with van der Waals surface area (Å²) in [6.07, 6.45) is 5.84. The predicted molar refractivity (Wildman–Crippen MR) is 78.9 cm³/mol. The maximum atomic E-state index is 12.0. The monoisotopic (exact) mass is 307 g/mol. The van der Waals surface area contributed by atoms with Crippen molar-refractivity contribution in [1.82, 2.24) is 25.1 Å². The Balaban J connectivity index is 1.67. The number of amides is 4. The molecule has 0 saturated carbocycles. The SMILES string of the molecule is CN(CCCc1nccn1C)C(=O)CC[C@H]1NC(=O)NC1=O. The lowest BCUT2D eigenvalue weighted by atomic mass is 10.1. The maximum Gasteiger partial charge on any atom is 0.322 e. The molecule has 8 heteroatoms. The van der Waals surface area contributed by atoms with E-state index < -0.39 is 12.1 Å². The molecule has 1 fully saturated rings. The third-order valence-electron chi connectivity index (χ3n) is 3.75. The lowest BCUT2D eigenvalue weighted by Gasteiger charge is -2.17. The molecule has 0 spiro atoms.